The summed E-state index contributed by atoms with van der Waals surface area (Å²) in [4.78, 5) is 0. The van der Waals surface area contributed by atoms with E-state index in [4.69, 9.17) is 16.9 Å². The molecule has 0 radical (unpaired) electrons. The molecular formula is C14H18BrNO. The average Bonchev–Trinajstić information content (AvgIpc) is 2.33. The van der Waals surface area contributed by atoms with Gasteiger partial charge in [0.25, 0.3) is 0 Å². The summed E-state index contributed by atoms with van der Waals surface area (Å²) in [5.41, 5.74) is 7.14. The largest absolute Gasteiger partial charge is 0.493 e. The Kier molecular flexibility index (Phi) is 6.10. The summed E-state index contributed by atoms with van der Waals surface area (Å²) >= 11 is 3.53. The molecule has 0 amide bonds. The standard InChI is InChI=1S/C14H18BrNO/c1-3-5-8-17-13-6-7-14(15)11(10-13)9-12(16)4-2/h1,6-7,10,12H,4-5,8-9,16H2,2H3. The number of hydrogen-bond acceptors (Lipinski definition) is 2. The van der Waals surface area contributed by atoms with Gasteiger partial charge >= 0.3 is 0 Å². The molecule has 1 aromatic carbocycles. The molecule has 1 aromatic rings. The van der Waals surface area contributed by atoms with Gasteiger partial charge in [-0.25, -0.2) is 0 Å². The van der Waals surface area contributed by atoms with E-state index in [-0.39, 0.29) is 6.04 Å². The third-order valence-electron chi connectivity index (χ3n) is 2.54. The van der Waals surface area contributed by atoms with Gasteiger partial charge in [-0.05, 0) is 36.6 Å². The molecule has 0 bridgehead atoms. The minimum Gasteiger partial charge on any atom is -0.493 e. The number of rotatable bonds is 6. The number of halogens is 1. The lowest BCUT2D eigenvalue weighted by Crippen LogP contribution is -2.21. The first-order valence-electron chi connectivity index (χ1n) is 5.77. The number of benzene rings is 1. The lowest BCUT2D eigenvalue weighted by Gasteiger charge is -2.12. The van der Waals surface area contributed by atoms with Gasteiger partial charge in [0.2, 0.25) is 0 Å². The van der Waals surface area contributed by atoms with Gasteiger partial charge in [-0.3, -0.25) is 0 Å². The number of hydrogen-bond donors (Lipinski definition) is 1. The van der Waals surface area contributed by atoms with Crippen LogP contribution in [-0.2, 0) is 6.42 Å². The van der Waals surface area contributed by atoms with Crippen molar-refractivity contribution in [3.05, 3.63) is 28.2 Å². The fourth-order valence-electron chi connectivity index (χ4n) is 1.45. The van der Waals surface area contributed by atoms with Crippen LogP contribution in [0.1, 0.15) is 25.3 Å². The fraction of sp³-hybridized carbons (Fsp3) is 0.429. The van der Waals surface area contributed by atoms with Crippen molar-refractivity contribution in [2.45, 2.75) is 32.2 Å². The van der Waals surface area contributed by atoms with E-state index in [2.05, 4.69) is 28.8 Å². The van der Waals surface area contributed by atoms with Crippen LogP contribution < -0.4 is 10.5 Å². The van der Waals surface area contributed by atoms with Gasteiger partial charge in [0.05, 0.1) is 6.61 Å². The van der Waals surface area contributed by atoms with E-state index < -0.39 is 0 Å². The smallest absolute Gasteiger partial charge is 0.119 e. The minimum atomic E-state index is 0.187. The van der Waals surface area contributed by atoms with Crippen LogP contribution in [0.3, 0.4) is 0 Å². The Morgan fingerprint density at radius 3 is 2.94 bits per heavy atom. The Hall–Kier alpha value is -0.980. The van der Waals surface area contributed by atoms with Crippen LogP contribution in [0.4, 0.5) is 0 Å². The molecule has 2 nitrogen and oxygen atoms in total. The summed E-state index contributed by atoms with van der Waals surface area (Å²) < 4.78 is 6.63. The topological polar surface area (TPSA) is 35.2 Å². The molecule has 17 heavy (non-hydrogen) atoms. The molecule has 2 N–H and O–H groups in total. The van der Waals surface area contributed by atoms with Crippen LogP contribution in [0, 0.1) is 12.3 Å². The molecule has 0 saturated carbocycles. The lowest BCUT2D eigenvalue weighted by atomic mass is 10.0. The third-order valence-corrected chi connectivity index (χ3v) is 3.31. The second-order valence-corrected chi connectivity index (χ2v) is 4.78. The van der Waals surface area contributed by atoms with Gasteiger partial charge in [0, 0.05) is 16.9 Å². The van der Waals surface area contributed by atoms with Crippen molar-refractivity contribution < 1.29 is 4.74 Å². The second-order valence-electron chi connectivity index (χ2n) is 3.93. The highest BCUT2D eigenvalue weighted by Gasteiger charge is 2.07. The van der Waals surface area contributed by atoms with E-state index >= 15 is 0 Å². The zero-order chi connectivity index (χ0) is 12.7. The number of ether oxygens (including phenoxy) is 1. The predicted molar refractivity (Wildman–Crippen MR) is 75.1 cm³/mol. The first-order valence-corrected chi connectivity index (χ1v) is 6.57. The van der Waals surface area contributed by atoms with Crippen molar-refractivity contribution in [2.24, 2.45) is 5.73 Å². The Bertz CT molecular complexity index is 398. The quantitative estimate of drug-likeness (QED) is 0.646. The summed E-state index contributed by atoms with van der Waals surface area (Å²) in [7, 11) is 0. The van der Waals surface area contributed by atoms with Gasteiger partial charge in [-0.15, -0.1) is 12.3 Å². The summed E-state index contributed by atoms with van der Waals surface area (Å²) in [5.74, 6) is 3.40. The maximum absolute atomic E-state index is 5.96. The van der Waals surface area contributed by atoms with E-state index in [1.54, 1.807) is 0 Å². The van der Waals surface area contributed by atoms with Gasteiger partial charge < -0.3 is 10.5 Å². The third kappa shape index (κ3) is 4.80. The van der Waals surface area contributed by atoms with Crippen LogP contribution in [0.2, 0.25) is 0 Å². The summed E-state index contributed by atoms with van der Waals surface area (Å²) in [6.45, 7) is 2.64. The summed E-state index contributed by atoms with van der Waals surface area (Å²) in [6, 6.07) is 6.13. The molecule has 0 fully saturated rings. The predicted octanol–water partition coefficient (Wildman–Crippen LogP) is 3.13. The monoisotopic (exact) mass is 295 g/mol. The van der Waals surface area contributed by atoms with Gasteiger partial charge in [0.1, 0.15) is 5.75 Å². The first-order chi connectivity index (χ1) is 8.17. The van der Waals surface area contributed by atoms with Gasteiger partial charge in [-0.2, -0.15) is 0 Å². The van der Waals surface area contributed by atoms with Crippen molar-refractivity contribution in [2.75, 3.05) is 6.61 Å². The molecule has 0 aromatic heterocycles. The van der Waals surface area contributed by atoms with E-state index in [1.807, 2.05) is 18.2 Å². The van der Waals surface area contributed by atoms with Crippen LogP contribution in [0.15, 0.2) is 22.7 Å². The summed E-state index contributed by atoms with van der Waals surface area (Å²) in [6.07, 6.45) is 7.62. The van der Waals surface area contributed by atoms with Crippen molar-refractivity contribution in [3.8, 4) is 18.1 Å². The van der Waals surface area contributed by atoms with E-state index in [1.165, 1.54) is 5.56 Å². The van der Waals surface area contributed by atoms with Crippen LogP contribution >= 0.6 is 15.9 Å². The van der Waals surface area contributed by atoms with Gasteiger partial charge in [-0.1, -0.05) is 22.9 Å². The maximum Gasteiger partial charge on any atom is 0.119 e. The van der Waals surface area contributed by atoms with Crippen molar-refractivity contribution in [1.82, 2.24) is 0 Å². The highest BCUT2D eigenvalue weighted by Crippen LogP contribution is 2.24. The number of terminal acetylenes is 1. The Balaban J connectivity index is 2.69. The van der Waals surface area contributed by atoms with Crippen LogP contribution in [0.25, 0.3) is 0 Å². The van der Waals surface area contributed by atoms with E-state index in [0.717, 1.165) is 23.1 Å². The Morgan fingerprint density at radius 1 is 1.53 bits per heavy atom. The van der Waals surface area contributed by atoms with Crippen LogP contribution in [-0.4, -0.2) is 12.6 Å². The summed E-state index contributed by atoms with van der Waals surface area (Å²) in [5, 5.41) is 0. The second kappa shape index (κ2) is 7.37. The molecule has 3 heteroatoms. The Morgan fingerprint density at radius 2 is 2.29 bits per heavy atom. The van der Waals surface area contributed by atoms with Crippen molar-refractivity contribution >= 4 is 15.9 Å². The highest BCUT2D eigenvalue weighted by atomic mass is 79.9. The zero-order valence-corrected chi connectivity index (χ0v) is 11.7. The SMILES string of the molecule is C#CCCOc1ccc(Br)c(CC(N)CC)c1. The van der Waals surface area contributed by atoms with Gasteiger partial charge in [0.15, 0.2) is 0 Å². The minimum absolute atomic E-state index is 0.187. The fourth-order valence-corrected chi connectivity index (χ4v) is 1.86. The molecule has 0 heterocycles. The van der Waals surface area contributed by atoms with Crippen molar-refractivity contribution in [3.63, 3.8) is 0 Å². The zero-order valence-electron chi connectivity index (χ0n) is 10.1. The van der Waals surface area contributed by atoms with E-state index in [9.17, 15) is 0 Å². The molecule has 0 saturated heterocycles. The first kappa shape index (κ1) is 14.1. The lowest BCUT2D eigenvalue weighted by molar-refractivity contribution is 0.327. The van der Waals surface area contributed by atoms with Crippen molar-refractivity contribution in [1.29, 1.82) is 0 Å². The average molecular weight is 296 g/mol. The molecule has 0 aliphatic heterocycles. The molecule has 1 atom stereocenters. The molecule has 0 aliphatic carbocycles. The molecular weight excluding hydrogens is 278 g/mol. The van der Waals surface area contributed by atoms with E-state index in [0.29, 0.717) is 13.0 Å². The van der Waals surface area contributed by atoms with Crippen LogP contribution in [0.5, 0.6) is 5.75 Å². The normalized spacial score (nSPS) is 11.9. The maximum atomic E-state index is 5.96. The Labute approximate surface area is 112 Å². The number of nitrogens with two attached hydrogens (primary N) is 1. The molecule has 0 aliphatic rings. The molecule has 92 valence electrons. The highest BCUT2D eigenvalue weighted by molar-refractivity contribution is 9.10. The molecule has 0 spiro atoms. The molecule has 1 rings (SSSR count). The molecule has 1 unspecified atom stereocenters.